The summed E-state index contributed by atoms with van der Waals surface area (Å²) in [6.07, 6.45) is 1.81. The van der Waals surface area contributed by atoms with Crippen molar-refractivity contribution in [1.82, 2.24) is 4.98 Å². The van der Waals surface area contributed by atoms with Crippen molar-refractivity contribution < 1.29 is 4.39 Å². The third-order valence-corrected chi connectivity index (χ3v) is 1.50. The van der Waals surface area contributed by atoms with Crippen molar-refractivity contribution in [3.8, 4) is 11.8 Å². The third-order valence-electron chi connectivity index (χ3n) is 1.50. The molecule has 0 aliphatic carbocycles. The zero-order chi connectivity index (χ0) is 11.1. The van der Waals surface area contributed by atoms with Gasteiger partial charge in [-0.25, -0.2) is 9.37 Å². The van der Waals surface area contributed by atoms with Gasteiger partial charge in [-0.1, -0.05) is 17.0 Å². The van der Waals surface area contributed by atoms with Gasteiger partial charge in [-0.05, 0) is 11.6 Å². The number of nitrogens with two attached hydrogens (primary N) is 1. The van der Waals surface area contributed by atoms with E-state index in [1.54, 1.807) is 0 Å². The highest BCUT2D eigenvalue weighted by Gasteiger charge is 1.98. The van der Waals surface area contributed by atoms with Gasteiger partial charge < -0.3 is 5.73 Å². The Bertz CT molecular complexity index is 453. The molecule has 1 rings (SSSR count). The van der Waals surface area contributed by atoms with Gasteiger partial charge >= 0.3 is 0 Å². The fraction of sp³-hybridized carbons (Fsp3) is 0.222. The highest BCUT2D eigenvalue weighted by Crippen LogP contribution is 2.06. The second kappa shape index (κ2) is 5.47. The van der Waals surface area contributed by atoms with Crippen LogP contribution in [0, 0.1) is 17.7 Å². The van der Waals surface area contributed by atoms with Crippen LogP contribution in [0.25, 0.3) is 10.4 Å². The summed E-state index contributed by atoms with van der Waals surface area (Å²) in [6, 6.07) is 1.21. The molecule has 0 amide bonds. The molecular formula is C9H8FN5. The average molecular weight is 205 g/mol. The van der Waals surface area contributed by atoms with Gasteiger partial charge in [0.05, 0.1) is 0 Å². The van der Waals surface area contributed by atoms with Gasteiger partial charge in [0.15, 0.2) is 11.6 Å². The highest BCUT2D eigenvalue weighted by molar-refractivity contribution is 5.39. The normalized spacial score (nSPS) is 8.60. The quantitative estimate of drug-likeness (QED) is 0.262. The van der Waals surface area contributed by atoms with E-state index in [1.165, 1.54) is 12.3 Å². The van der Waals surface area contributed by atoms with Gasteiger partial charge in [-0.15, -0.1) is 0 Å². The topological polar surface area (TPSA) is 87.7 Å². The van der Waals surface area contributed by atoms with Crippen LogP contribution in [0.1, 0.15) is 12.0 Å². The summed E-state index contributed by atoms with van der Waals surface area (Å²) in [4.78, 5) is 6.19. The van der Waals surface area contributed by atoms with Crippen molar-refractivity contribution in [3.63, 3.8) is 0 Å². The molecule has 0 bridgehead atoms. The molecule has 76 valence electrons. The number of halogens is 1. The number of nitrogen functional groups attached to an aromatic ring is 1. The fourth-order valence-electron chi connectivity index (χ4n) is 0.832. The van der Waals surface area contributed by atoms with Crippen LogP contribution >= 0.6 is 0 Å². The van der Waals surface area contributed by atoms with Crippen molar-refractivity contribution in [2.75, 3.05) is 12.3 Å². The number of pyridine rings is 1. The molecule has 0 fully saturated rings. The molecule has 5 nitrogen and oxygen atoms in total. The first-order valence-corrected chi connectivity index (χ1v) is 4.15. The minimum Gasteiger partial charge on any atom is -0.381 e. The van der Waals surface area contributed by atoms with E-state index in [0.717, 1.165) is 0 Å². The summed E-state index contributed by atoms with van der Waals surface area (Å²) in [6.45, 7) is 0.300. The molecule has 0 aliphatic heterocycles. The molecule has 1 aromatic heterocycles. The van der Waals surface area contributed by atoms with Crippen LogP contribution in [0.15, 0.2) is 17.4 Å². The first kappa shape index (κ1) is 10.8. The second-order valence-corrected chi connectivity index (χ2v) is 2.60. The van der Waals surface area contributed by atoms with Crippen molar-refractivity contribution >= 4 is 5.82 Å². The van der Waals surface area contributed by atoms with E-state index in [2.05, 4.69) is 26.9 Å². The maximum atomic E-state index is 12.9. The number of rotatable bonds is 2. The molecule has 6 heteroatoms. The zero-order valence-electron chi connectivity index (χ0n) is 7.81. The molecule has 1 aromatic rings. The summed E-state index contributed by atoms with van der Waals surface area (Å²) in [5.41, 5.74) is 13.6. The van der Waals surface area contributed by atoms with Crippen LogP contribution in [0.5, 0.6) is 0 Å². The molecule has 0 aromatic carbocycles. The van der Waals surface area contributed by atoms with Gasteiger partial charge in [-0.2, -0.15) is 0 Å². The standard InChI is InChI=1S/C9H8FN5/c10-8-5-7(6-13-9(8)11)3-1-2-4-14-15-12/h5-6H,2,4H2,(H2,11,13). The molecule has 0 saturated heterocycles. The highest BCUT2D eigenvalue weighted by atomic mass is 19.1. The van der Waals surface area contributed by atoms with Gasteiger partial charge in [0, 0.05) is 29.6 Å². The molecule has 0 saturated carbocycles. The average Bonchev–Trinajstić information content (AvgIpc) is 2.23. The largest absolute Gasteiger partial charge is 0.381 e. The van der Waals surface area contributed by atoms with Crippen LogP contribution < -0.4 is 5.73 Å². The SMILES string of the molecule is [N-]=[N+]=NCCC#Cc1cnc(N)c(F)c1. The maximum absolute atomic E-state index is 12.9. The number of nitrogens with zero attached hydrogens (tertiary/aromatic N) is 4. The van der Waals surface area contributed by atoms with Gasteiger partial charge in [-0.3, -0.25) is 0 Å². The van der Waals surface area contributed by atoms with E-state index < -0.39 is 5.82 Å². The zero-order valence-corrected chi connectivity index (χ0v) is 7.81. The Morgan fingerprint density at radius 1 is 1.67 bits per heavy atom. The van der Waals surface area contributed by atoms with Crippen LogP contribution in [0.3, 0.4) is 0 Å². The molecular weight excluding hydrogens is 197 g/mol. The predicted octanol–water partition coefficient (Wildman–Crippen LogP) is 1.85. The van der Waals surface area contributed by atoms with Crippen molar-refractivity contribution in [3.05, 3.63) is 34.1 Å². The van der Waals surface area contributed by atoms with Gasteiger partial charge in [0.2, 0.25) is 0 Å². The molecule has 0 atom stereocenters. The number of azide groups is 1. The van der Waals surface area contributed by atoms with E-state index >= 15 is 0 Å². The van der Waals surface area contributed by atoms with Gasteiger partial charge in [0.1, 0.15) is 0 Å². The number of anilines is 1. The molecule has 0 unspecified atom stereocenters. The minimum atomic E-state index is -0.586. The monoisotopic (exact) mass is 205 g/mol. The van der Waals surface area contributed by atoms with Gasteiger partial charge in [0.25, 0.3) is 0 Å². The summed E-state index contributed by atoms with van der Waals surface area (Å²) >= 11 is 0. The van der Waals surface area contributed by atoms with Crippen LogP contribution in [-0.2, 0) is 0 Å². The molecule has 2 N–H and O–H groups in total. The molecule has 15 heavy (non-hydrogen) atoms. The number of hydrogen-bond donors (Lipinski definition) is 1. The summed E-state index contributed by atoms with van der Waals surface area (Å²) in [5, 5.41) is 3.30. The lowest BCUT2D eigenvalue weighted by Gasteiger charge is -1.94. The Labute approximate surface area is 85.7 Å². The van der Waals surface area contributed by atoms with Crippen molar-refractivity contribution in [2.24, 2.45) is 5.11 Å². The van der Waals surface area contributed by atoms with Crippen molar-refractivity contribution in [1.29, 1.82) is 0 Å². The lowest BCUT2D eigenvalue weighted by Crippen LogP contribution is -1.94. The van der Waals surface area contributed by atoms with E-state index in [4.69, 9.17) is 11.3 Å². The molecule has 0 spiro atoms. The molecule has 0 radical (unpaired) electrons. The van der Waals surface area contributed by atoms with E-state index in [0.29, 0.717) is 18.5 Å². The van der Waals surface area contributed by atoms with Crippen LogP contribution in [0.2, 0.25) is 0 Å². The maximum Gasteiger partial charge on any atom is 0.166 e. The predicted molar refractivity (Wildman–Crippen MR) is 54.1 cm³/mol. The Kier molecular flexibility index (Phi) is 3.95. The lowest BCUT2D eigenvalue weighted by molar-refractivity contribution is 0.626. The van der Waals surface area contributed by atoms with Crippen molar-refractivity contribution in [2.45, 2.75) is 6.42 Å². The molecule has 1 heterocycles. The summed E-state index contributed by atoms with van der Waals surface area (Å²) < 4.78 is 12.9. The minimum absolute atomic E-state index is 0.144. The third kappa shape index (κ3) is 3.55. The second-order valence-electron chi connectivity index (χ2n) is 2.60. The fourth-order valence-corrected chi connectivity index (χ4v) is 0.832. The summed E-state index contributed by atoms with van der Waals surface area (Å²) in [5.74, 6) is 4.67. The Hall–Kier alpha value is -2.25. The van der Waals surface area contributed by atoms with Crippen LogP contribution in [0.4, 0.5) is 10.2 Å². The Balaban J connectivity index is 2.64. The van der Waals surface area contributed by atoms with E-state index in [1.807, 2.05) is 0 Å². The Morgan fingerprint density at radius 3 is 3.13 bits per heavy atom. The molecule has 0 aliphatic rings. The first-order valence-electron chi connectivity index (χ1n) is 4.15. The van der Waals surface area contributed by atoms with E-state index in [-0.39, 0.29) is 5.82 Å². The van der Waals surface area contributed by atoms with E-state index in [9.17, 15) is 4.39 Å². The Morgan fingerprint density at radius 2 is 2.47 bits per heavy atom. The van der Waals surface area contributed by atoms with Crippen LogP contribution in [-0.4, -0.2) is 11.5 Å². The number of hydrogen-bond acceptors (Lipinski definition) is 3. The lowest BCUT2D eigenvalue weighted by atomic mass is 10.2. The smallest absolute Gasteiger partial charge is 0.166 e. The number of aromatic nitrogens is 1. The summed E-state index contributed by atoms with van der Waals surface area (Å²) in [7, 11) is 0. The first-order chi connectivity index (χ1) is 7.24.